The van der Waals surface area contributed by atoms with Crippen molar-refractivity contribution in [3.8, 4) is 0 Å². The van der Waals surface area contributed by atoms with Gasteiger partial charge >= 0.3 is 0 Å². The standard InChI is InChI=1S/C12H16FN3O2S2/c1-14-12(19)15-6-8-16(9-7-15)20(17,18)11-4-2-10(13)3-5-11/h2-5H,6-9H2,1H3,(H,14,19). The van der Waals surface area contributed by atoms with Crippen LogP contribution < -0.4 is 5.32 Å². The summed E-state index contributed by atoms with van der Waals surface area (Å²) in [5.41, 5.74) is 0. The highest BCUT2D eigenvalue weighted by Gasteiger charge is 2.28. The van der Waals surface area contributed by atoms with Gasteiger partial charge in [-0.05, 0) is 36.5 Å². The molecule has 0 radical (unpaired) electrons. The predicted octanol–water partition coefficient (Wildman–Crippen LogP) is 0.636. The molecule has 1 heterocycles. The molecule has 0 amide bonds. The number of halogens is 1. The highest BCUT2D eigenvalue weighted by molar-refractivity contribution is 7.89. The SMILES string of the molecule is CNC(=S)N1CCN(S(=O)(=O)c2ccc(F)cc2)CC1. The summed E-state index contributed by atoms with van der Waals surface area (Å²) in [4.78, 5) is 2.04. The molecule has 1 N–H and O–H groups in total. The maximum absolute atomic E-state index is 12.9. The maximum atomic E-state index is 12.9. The van der Waals surface area contributed by atoms with E-state index in [0.29, 0.717) is 31.3 Å². The van der Waals surface area contributed by atoms with Crippen molar-refractivity contribution in [1.29, 1.82) is 0 Å². The average Bonchev–Trinajstić information content (AvgIpc) is 2.47. The van der Waals surface area contributed by atoms with Gasteiger partial charge in [0, 0.05) is 33.2 Å². The van der Waals surface area contributed by atoms with Crippen molar-refractivity contribution in [3.63, 3.8) is 0 Å². The number of hydrogen-bond acceptors (Lipinski definition) is 3. The topological polar surface area (TPSA) is 52.6 Å². The van der Waals surface area contributed by atoms with Gasteiger partial charge in [-0.25, -0.2) is 12.8 Å². The van der Waals surface area contributed by atoms with Crippen molar-refractivity contribution in [2.75, 3.05) is 33.2 Å². The number of nitrogens with zero attached hydrogens (tertiary/aromatic N) is 2. The lowest BCUT2D eigenvalue weighted by Gasteiger charge is -2.35. The molecule has 1 aromatic carbocycles. The van der Waals surface area contributed by atoms with Crippen LogP contribution in [-0.4, -0.2) is 56.0 Å². The molecule has 110 valence electrons. The zero-order chi connectivity index (χ0) is 14.8. The minimum absolute atomic E-state index is 0.114. The molecular formula is C12H16FN3O2S2. The Balaban J connectivity index is 2.09. The van der Waals surface area contributed by atoms with Gasteiger partial charge in [-0.2, -0.15) is 4.31 Å². The van der Waals surface area contributed by atoms with Crippen molar-refractivity contribution in [3.05, 3.63) is 30.1 Å². The first-order valence-corrected chi connectivity index (χ1v) is 8.02. The summed E-state index contributed by atoms with van der Waals surface area (Å²) >= 11 is 5.12. The lowest BCUT2D eigenvalue weighted by atomic mass is 10.4. The molecule has 1 aromatic rings. The van der Waals surface area contributed by atoms with E-state index in [2.05, 4.69) is 5.32 Å². The number of nitrogens with one attached hydrogen (secondary N) is 1. The van der Waals surface area contributed by atoms with Crippen molar-refractivity contribution < 1.29 is 12.8 Å². The fraction of sp³-hybridized carbons (Fsp3) is 0.417. The van der Waals surface area contributed by atoms with Gasteiger partial charge in [0.25, 0.3) is 0 Å². The van der Waals surface area contributed by atoms with Crippen LogP contribution >= 0.6 is 12.2 Å². The van der Waals surface area contributed by atoms with E-state index in [-0.39, 0.29) is 4.90 Å². The zero-order valence-electron chi connectivity index (χ0n) is 11.0. The van der Waals surface area contributed by atoms with Crippen LogP contribution in [0.3, 0.4) is 0 Å². The van der Waals surface area contributed by atoms with Gasteiger partial charge in [0.05, 0.1) is 4.90 Å². The van der Waals surface area contributed by atoms with E-state index in [1.54, 1.807) is 7.05 Å². The van der Waals surface area contributed by atoms with Crippen molar-refractivity contribution in [1.82, 2.24) is 14.5 Å². The first-order chi connectivity index (χ1) is 9.45. The number of rotatable bonds is 2. The largest absolute Gasteiger partial charge is 0.366 e. The van der Waals surface area contributed by atoms with Crippen LogP contribution in [0.1, 0.15) is 0 Å². The fourth-order valence-electron chi connectivity index (χ4n) is 2.05. The second-order valence-corrected chi connectivity index (χ2v) is 6.72. The molecule has 0 aliphatic carbocycles. The number of piperazine rings is 1. The summed E-state index contributed by atoms with van der Waals surface area (Å²) in [5, 5.41) is 3.49. The lowest BCUT2D eigenvalue weighted by molar-refractivity contribution is 0.265. The molecule has 0 unspecified atom stereocenters. The summed E-state index contributed by atoms with van der Waals surface area (Å²) in [6, 6.07) is 4.88. The molecule has 0 aromatic heterocycles. The first kappa shape index (κ1) is 15.1. The van der Waals surface area contributed by atoms with Crippen molar-refractivity contribution in [2.45, 2.75) is 4.90 Å². The van der Waals surface area contributed by atoms with Crippen LogP contribution in [0.5, 0.6) is 0 Å². The Kier molecular flexibility index (Phi) is 4.56. The smallest absolute Gasteiger partial charge is 0.243 e. The summed E-state index contributed by atoms with van der Waals surface area (Å²) in [6.45, 7) is 1.81. The normalized spacial score (nSPS) is 17.0. The predicted molar refractivity (Wildman–Crippen MR) is 78.4 cm³/mol. The molecule has 0 spiro atoms. The Bertz CT molecular complexity index is 581. The van der Waals surface area contributed by atoms with E-state index in [0.717, 1.165) is 12.1 Å². The highest BCUT2D eigenvalue weighted by Crippen LogP contribution is 2.18. The summed E-state index contributed by atoms with van der Waals surface area (Å²) in [6.07, 6.45) is 0. The molecule has 0 saturated carbocycles. The third-order valence-corrected chi connectivity index (χ3v) is 5.57. The van der Waals surface area contributed by atoms with Crippen molar-refractivity contribution >= 4 is 27.4 Å². The molecule has 8 heteroatoms. The van der Waals surface area contributed by atoms with Gasteiger partial charge in [-0.3, -0.25) is 0 Å². The molecule has 5 nitrogen and oxygen atoms in total. The van der Waals surface area contributed by atoms with Crippen LogP contribution in [0, 0.1) is 5.82 Å². The van der Waals surface area contributed by atoms with Crippen LogP contribution in [-0.2, 0) is 10.0 Å². The zero-order valence-corrected chi connectivity index (χ0v) is 12.7. The highest BCUT2D eigenvalue weighted by atomic mass is 32.2. The average molecular weight is 317 g/mol. The number of sulfonamides is 1. The van der Waals surface area contributed by atoms with Crippen LogP contribution in [0.4, 0.5) is 4.39 Å². The molecule has 0 atom stereocenters. The van der Waals surface area contributed by atoms with Crippen LogP contribution in [0.2, 0.25) is 0 Å². The Morgan fingerprint density at radius 1 is 1.20 bits per heavy atom. The third kappa shape index (κ3) is 3.08. The minimum atomic E-state index is -3.56. The van der Waals surface area contributed by atoms with E-state index in [1.165, 1.54) is 16.4 Å². The third-order valence-electron chi connectivity index (χ3n) is 3.19. The summed E-state index contributed by atoms with van der Waals surface area (Å²) in [5.74, 6) is -0.451. The maximum Gasteiger partial charge on any atom is 0.243 e. The fourth-order valence-corrected chi connectivity index (χ4v) is 3.65. The molecule has 0 bridgehead atoms. The van der Waals surface area contributed by atoms with Gasteiger partial charge in [0.15, 0.2) is 5.11 Å². The second-order valence-electron chi connectivity index (χ2n) is 4.40. The molecule has 1 saturated heterocycles. The van der Waals surface area contributed by atoms with Gasteiger partial charge in [-0.15, -0.1) is 0 Å². The van der Waals surface area contributed by atoms with E-state index in [9.17, 15) is 12.8 Å². The number of benzene rings is 1. The Hall–Kier alpha value is -1.25. The molecule has 20 heavy (non-hydrogen) atoms. The van der Waals surface area contributed by atoms with Gasteiger partial charge < -0.3 is 10.2 Å². The van der Waals surface area contributed by atoms with Crippen molar-refractivity contribution in [2.24, 2.45) is 0 Å². The minimum Gasteiger partial charge on any atom is -0.366 e. The quantitative estimate of drug-likeness (QED) is 0.811. The van der Waals surface area contributed by atoms with Gasteiger partial charge in [0.2, 0.25) is 10.0 Å². The lowest BCUT2D eigenvalue weighted by Crippen LogP contribution is -2.52. The molecular weight excluding hydrogens is 301 g/mol. The van der Waals surface area contributed by atoms with Crippen LogP contribution in [0.25, 0.3) is 0 Å². The Morgan fingerprint density at radius 3 is 2.25 bits per heavy atom. The van der Waals surface area contributed by atoms with E-state index >= 15 is 0 Å². The Morgan fingerprint density at radius 2 is 1.75 bits per heavy atom. The van der Waals surface area contributed by atoms with E-state index in [4.69, 9.17) is 12.2 Å². The monoisotopic (exact) mass is 317 g/mol. The first-order valence-electron chi connectivity index (χ1n) is 6.17. The number of hydrogen-bond donors (Lipinski definition) is 1. The van der Waals surface area contributed by atoms with E-state index in [1.807, 2.05) is 4.90 Å². The Labute approximate surface area is 123 Å². The van der Waals surface area contributed by atoms with Crippen LogP contribution in [0.15, 0.2) is 29.2 Å². The summed E-state index contributed by atoms with van der Waals surface area (Å²) in [7, 11) is -1.82. The molecule has 1 aliphatic heterocycles. The summed E-state index contributed by atoms with van der Waals surface area (Å²) < 4.78 is 39.0. The number of thiocarbonyl (C=S) groups is 1. The second kappa shape index (κ2) is 6.02. The van der Waals surface area contributed by atoms with Gasteiger partial charge in [-0.1, -0.05) is 0 Å². The molecule has 1 aliphatic rings. The van der Waals surface area contributed by atoms with E-state index < -0.39 is 15.8 Å². The molecule has 1 fully saturated rings. The van der Waals surface area contributed by atoms with Gasteiger partial charge in [0.1, 0.15) is 5.82 Å². The molecule has 2 rings (SSSR count).